The monoisotopic (exact) mass is 335 g/mol. The molecule has 3 aromatic rings. The molecule has 3 aromatic heterocycles. The Hall–Kier alpha value is -3.09. The molecule has 7 heteroatoms. The molecule has 126 valence electrons. The molecular weight excluding hydrogens is 318 g/mol. The zero-order valence-corrected chi connectivity index (χ0v) is 13.6. The van der Waals surface area contributed by atoms with Gasteiger partial charge in [-0.2, -0.15) is 4.98 Å². The molecule has 1 aliphatic heterocycles. The lowest BCUT2D eigenvalue weighted by molar-refractivity contribution is 0.0561. The number of amides is 1. The smallest absolute Gasteiger partial charge is 0.254 e. The number of rotatable bonds is 3. The van der Waals surface area contributed by atoms with E-state index in [0.717, 1.165) is 24.8 Å². The van der Waals surface area contributed by atoms with E-state index >= 15 is 0 Å². The summed E-state index contributed by atoms with van der Waals surface area (Å²) in [5.74, 6) is 0.962. The van der Waals surface area contributed by atoms with Crippen LogP contribution in [0.2, 0.25) is 0 Å². The van der Waals surface area contributed by atoms with Crippen molar-refractivity contribution in [3.63, 3.8) is 0 Å². The topological polar surface area (TPSA) is 85.0 Å². The van der Waals surface area contributed by atoms with Gasteiger partial charge >= 0.3 is 0 Å². The molecule has 1 fully saturated rings. The summed E-state index contributed by atoms with van der Waals surface area (Å²) in [4.78, 5) is 27.2. The summed E-state index contributed by atoms with van der Waals surface area (Å²) in [6.45, 7) is 0.679. The lowest BCUT2D eigenvalue weighted by atomic mass is 10.0. The molecule has 1 amide bonds. The molecule has 7 nitrogen and oxygen atoms in total. The number of hydrogen-bond donors (Lipinski definition) is 0. The highest BCUT2D eigenvalue weighted by Gasteiger charge is 2.32. The predicted octanol–water partition coefficient (Wildman–Crippen LogP) is 2.89. The summed E-state index contributed by atoms with van der Waals surface area (Å²) in [5, 5.41) is 4.07. The van der Waals surface area contributed by atoms with Crippen molar-refractivity contribution < 1.29 is 9.32 Å². The van der Waals surface area contributed by atoms with Crippen LogP contribution in [0.1, 0.15) is 41.6 Å². The van der Waals surface area contributed by atoms with E-state index in [2.05, 4.69) is 20.1 Å². The summed E-state index contributed by atoms with van der Waals surface area (Å²) < 4.78 is 5.49. The van der Waals surface area contributed by atoms with Gasteiger partial charge in [-0.3, -0.25) is 14.8 Å². The Morgan fingerprint density at radius 2 is 1.76 bits per heavy atom. The highest BCUT2D eigenvalue weighted by Crippen LogP contribution is 2.32. The fourth-order valence-electron chi connectivity index (χ4n) is 3.08. The maximum absolute atomic E-state index is 12.9. The van der Waals surface area contributed by atoms with Gasteiger partial charge in [-0.05, 0) is 43.5 Å². The van der Waals surface area contributed by atoms with Crippen molar-refractivity contribution in [1.29, 1.82) is 0 Å². The van der Waals surface area contributed by atoms with Crippen LogP contribution in [-0.2, 0) is 0 Å². The highest BCUT2D eigenvalue weighted by molar-refractivity contribution is 5.94. The van der Waals surface area contributed by atoms with Crippen LogP contribution in [0.3, 0.4) is 0 Å². The Kier molecular flexibility index (Phi) is 4.20. The largest absolute Gasteiger partial charge is 0.337 e. The number of pyridine rings is 2. The van der Waals surface area contributed by atoms with Gasteiger partial charge in [-0.15, -0.1) is 0 Å². The summed E-state index contributed by atoms with van der Waals surface area (Å²) >= 11 is 0. The first-order valence-electron chi connectivity index (χ1n) is 8.28. The molecule has 0 aliphatic carbocycles. The minimum absolute atomic E-state index is 0.0317. The van der Waals surface area contributed by atoms with Gasteiger partial charge in [0.05, 0.1) is 0 Å². The lowest BCUT2D eigenvalue weighted by Crippen LogP contribution is -2.38. The number of likely N-dealkylation sites (tertiary alicyclic amines) is 1. The van der Waals surface area contributed by atoms with Crippen molar-refractivity contribution in [3.8, 4) is 11.4 Å². The quantitative estimate of drug-likeness (QED) is 0.731. The van der Waals surface area contributed by atoms with Crippen LogP contribution in [-0.4, -0.2) is 37.5 Å². The summed E-state index contributed by atoms with van der Waals surface area (Å²) in [6.07, 6.45) is 9.43. The van der Waals surface area contributed by atoms with E-state index in [9.17, 15) is 4.79 Å². The Balaban J connectivity index is 1.62. The minimum atomic E-state index is -0.197. The number of aromatic nitrogens is 4. The van der Waals surface area contributed by atoms with E-state index in [0.29, 0.717) is 23.8 Å². The average molecular weight is 335 g/mol. The molecule has 0 aromatic carbocycles. The zero-order valence-electron chi connectivity index (χ0n) is 13.6. The van der Waals surface area contributed by atoms with Crippen LogP contribution in [0, 0.1) is 0 Å². The number of nitrogens with zero attached hydrogens (tertiary/aromatic N) is 5. The van der Waals surface area contributed by atoms with Crippen molar-refractivity contribution in [1.82, 2.24) is 25.0 Å². The summed E-state index contributed by atoms with van der Waals surface area (Å²) in [6, 6.07) is 6.91. The molecule has 1 saturated heterocycles. The molecule has 1 aliphatic rings. The fraction of sp³-hybridized carbons (Fsp3) is 0.278. The molecule has 0 saturated carbocycles. The molecule has 0 N–H and O–H groups in total. The number of piperidine rings is 1. The summed E-state index contributed by atoms with van der Waals surface area (Å²) in [5.41, 5.74) is 1.46. The number of hydrogen-bond acceptors (Lipinski definition) is 6. The molecule has 0 unspecified atom stereocenters. The third-order valence-electron chi connectivity index (χ3n) is 4.36. The van der Waals surface area contributed by atoms with Crippen molar-refractivity contribution in [3.05, 3.63) is 60.5 Å². The number of carbonyl (C=O) groups is 1. The van der Waals surface area contributed by atoms with Crippen LogP contribution in [0.4, 0.5) is 0 Å². The first-order chi connectivity index (χ1) is 12.3. The molecule has 4 heterocycles. The van der Waals surface area contributed by atoms with E-state index in [1.807, 2.05) is 17.0 Å². The van der Waals surface area contributed by atoms with Gasteiger partial charge in [0.25, 0.3) is 5.91 Å². The second-order valence-corrected chi connectivity index (χ2v) is 5.94. The van der Waals surface area contributed by atoms with Gasteiger partial charge in [-0.25, -0.2) is 0 Å². The molecule has 4 rings (SSSR count). The summed E-state index contributed by atoms with van der Waals surface area (Å²) in [7, 11) is 0. The predicted molar refractivity (Wildman–Crippen MR) is 89.4 cm³/mol. The third-order valence-corrected chi connectivity index (χ3v) is 4.36. The molecule has 0 spiro atoms. The molecule has 0 bridgehead atoms. The van der Waals surface area contributed by atoms with Gasteiger partial charge < -0.3 is 9.42 Å². The van der Waals surface area contributed by atoms with Crippen LogP contribution in [0.15, 0.2) is 53.6 Å². The lowest BCUT2D eigenvalue weighted by Gasteiger charge is -2.33. The number of carbonyl (C=O) groups excluding carboxylic acids is 1. The first kappa shape index (κ1) is 15.4. The second-order valence-electron chi connectivity index (χ2n) is 5.94. The zero-order chi connectivity index (χ0) is 17.1. The normalized spacial score (nSPS) is 17.4. The van der Waals surface area contributed by atoms with Crippen molar-refractivity contribution >= 4 is 5.91 Å². The van der Waals surface area contributed by atoms with Crippen molar-refractivity contribution in [2.75, 3.05) is 6.54 Å². The van der Waals surface area contributed by atoms with E-state index < -0.39 is 0 Å². The van der Waals surface area contributed by atoms with E-state index in [-0.39, 0.29) is 11.9 Å². The molecular formula is C18H17N5O2. The molecule has 25 heavy (non-hydrogen) atoms. The van der Waals surface area contributed by atoms with Gasteiger partial charge in [0, 0.05) is 42.5 Å². The Bertz CT molecular complexity index is 850. The Labute approximate surface area is 144 Å². The van der Waals surface area contributed by atoms with Crippen LogP contribution >= 0.6 is 0 Å². The maximum atomic E-state index is 12.9. The third kappa shape index (κ3) is 3.13. The Morgan fingerprint density at radius 3 is 2.52 bits per heavy atom. The first-order valence-corrected chi connectivity index (χ1v) is 8.28. The van der Waals surface area contributed by atoms with Crippen LogP contribution in [0.25, 0.3) is 11.4 Å². The van der Waals surface area contributed by atoms with Gasteiger partial charge in [-0.1, -0.05) is 5.16 Å². The average Bonchev–Trinajstić information content (AvgIpc) is 3.19. The highest BCUT2D eigenvalue weighted by atomic mass is 16.5. The minimum Gasteiger partial charge on any atom is -0.337 e. The second kappa shape index (κ2) is 6.80. The molecule has 1 atom stereocenters. The van der Waals surface area contributed by atoms with E-state index in [4.69, 9.17) is 4.52 Å². The van der Waals surface area contributed by atoms with Crippen LogP contribution in [0.5, 0.6) is 0 Å². The van der Waals surface area contributed by atoms with Gasteiger partial charge in [0.15, 0.2) is 0 Å². The van der Waals surface area contributed by atoms with Crippen molar-refractivity contribution in [2.24, 2.45) is 0 Å². The maximum Gasteiger partial charge on any atom is 0.254 e. The molecule has 0 radical (unpaired) electrons. The van der Waals surface area contributed by atoms with E-state index in [1.54, 1.807) is 36.9 Å². The van der Waals surface area contributed by atoms with Gasteiger partial charge in [0.2, 0.25) is 11.7 Å². The van der Waals surface area contributed by atoms with Crippen LogP contribution < -0.4 is 0 Å². The van der Waals surface area contributed by atoms with Gasteiger partial charge in [0.1, 0.15) is 6.04 Å². The Morgan fingerprint density at radius 1 is 1.04 bits per heavy atom. The standard InChI is InChI=1S/C18H17N5O2/c24-18(14-6-10-20-11-7-14)23-12-2-1-3-15(23)17-21-16(22-25-17)13-4-8-19-9-5-13/h4-11,15H,1-3,12H2/t15-/m1/s1. The van der Waals surface area contributed by atoms with Crippen molar-refractivity contribution in [2.45, 2.75) is 25.3 Å². The van der Waals surface area contributed by atoms with E-state index in [1.165, 1.54) is 0 Å². The SMILES string of the molecule is O=C(c1ccncc1)N1CCCC[C@@H]1c1nc(-c2ccncc2)no1. The fourth-order valence-corrected chi connectivity index (χ4v) is 3.08.